The zero-order valence-corrected chi connectivity index (χ0v) is 19.4. The molecule has 2 aromatic rings. The van der Waals surface area contributed by atoms with Crippen LogP contribution in [0.3, 0.4) is 0 Å². The SMILES string of the molecule is COc1ccc(C2=NO[C@@H](CN(Cc3ccc(F)cc3)C(=O)CC(C)(C)C)C2)cc1OC. The average Bonchev–Trinajstić information content (AvgIpc) is 3.21. The van der Waals surface area contributed by atoms with E-state index in [9.17, 15) is 9.18 Å². The maximum atomic E-state index is 13.3. The van der Waals surface area contributed by atoms with Gasteiger partial charge < -0.3 is 19.2 Å². The number of hydrogen-bond acceptors (Lipinski definition) is 5. The highest BCUT2D eigenvalue weighted by atomic mass is 19.1. The predicted octanol–water partition coefficient (Wildman–Crippen LogP) is 4.80. The first kappa shape index (κ1) is 23.6. The molecule has 6 nitrogen and oxygen atoms in total. The van der Waals surface area contributed by atoms with E-state index in [1.807, 2.05) is 39.0 Å². The monoisotopic (exact) mass is 442 g/mol. The van der Waals surface area contributed by atoms with Crippen LogP contribution in [0.5, 0.6) is 11.5 Å². The standard InChI is InChI=1S/C25H31FN2O4/c1-25(2,3)14-24(29)28(15-17-6-9-19(26)10-7-17)16-20-13-21(27-32-20)18-8-11-22(30-4)23(12-18)31-5/h6-12,20H,13-16H2,1-5H3/t20-/m1/s1. The second-order valence-electron chi connectivity index (χ2n) is 9.18. The summed E-state index contributed by atoms with van der Waals surface area (Å²) in [4.78, 5) is 20.5. The molecule has 2 aromatic carbocycles. The van der Waals surface area contributed by atoms with Gasteiger partial charge in [0.15, 0.2) is 17.6 Å². The lowest BCUT2D eigenvalue weighted by molar-refractivity contribution is -0.135. The first-order valence-corrected chi connectivity index (χ1v) is 10.7. The van der Waals surface area contributed by atoms with Crippen molar-refractivity contribution in [2.45, 2.75) is 46.3 Å². The van der Waals surface area contributed by atoms with E-state index in [1.54, 1.807) is 31.3 Å². The highest BCUT2D eigenvalue weighted by molar-refractivity contribution is 6.01. The smallest absolute Gasteiger partial charge is 0.223 e. The number of nitrogens with zero attached hydrogens (tertiary/aromatic N) is 2. The predicted molar refractivity (Wildman–Crippen MR) is 121 cm³/mol. The number of carbonyl (C=O) groups is 1. The lowest BCUT2D eigenvalue weighted by atomic mass is 9.91. The number of amides is 1. The van der Waals surface area contributed by atoms with Gasteiger partial charge in [0.1, 0.15) is 5.82 Å². The lowest BCUT2D eigenvalue weighted by Gasteiger charge is -2.28. The number of carbonyl (C=O) groups excluding carboxylic acids is 1. The molecule has 3 rings (SSSR count). The van der Waals surface area contributed by atoms with Gasteiger partial charge in [0.25, 0.3) is 0 Å². The van der Waals surface area contributed by atoms with Gasteiger partial charge in [0, 0.05) is 24.9 Å². The van der Waals surface area contributed by atoms with Crippen LogP contribution in [-0.2, 0) is 16.2 Å². The lowest BCUT2D eigenvalue weighted by Crippen LogP contribution is -2.38. The van der Waals surface area contributed by atoms with E-state index >= 15 is 0 Å². The van der Waals surface area contributed by atoms with Crippen LogP contribution in [-0.4, -0.2) is 43.4 Å². The fourth-order valence-corrected chi connectivity index (χ4v) is 3.59. The Morgan fingerprint density at radius 2 is 1.81 bits per heavy atom. The van der Waals surface area contributed by atoms with E-state index in [0.717, 1.165) is 16.8 Å². The topological polar surface area (TPSA) is 60.4 Å². The number of benzene rings is 2. The maximum Gasteiger partial charge on any atom is 0.223 e. The van der Waals surface area contributed by atoms with Gasteiger partial charge in [-0.25, -0.2) is 4.39 Å². The molecular weight excluding hydrogens is 411 g/mol. The molecule has 0 aliphatic carbocycles. The number of halogens is 1. The van der Waals surface area contributed by atoms with Crippen molar-refractivity contribution in [1.29, 1.82) is 0 Å². The van der Waals surface area contributed by atoms with Crippen LogP contribution in [0.15, 0.2) is 47.6 Å². The molecule has 172 valence electrons. The van der Waals surface area contributed by atoms with Crippen LogP contribution < -0.4 is 9.47 Å². The quantitative estimate of drug-likeness (QED) is 0.589. The van der Waals surface area contributed by atoms with Crippen molar-refractivity contribution in [3.8, 4) is 11.5 Å². The van der Waals surface area contributed by atoms with E-state index in [1.165, 1.54) is 12.1 Å². The fourth-order valence-electron chi connectivity index (χ4n) is 3.59. The molecule has 0 aromatic heterocycles. The molecule has 0 radical (unpaired) electrons. The van der Waals surface area contributed by atoms with Gasteiger partial charge in [-0.05, 0) is 41.3 Å². The van der Waals surface area contributed by atoms with Gasteiger partial charge >= 0.3 is 0 Å². The average molecular weight is 443 g/mol. The molecule has 0 N–H and O–H groups in total. The normalized spacial score (nSPS) is 15.7. The van der Waals surface area contributed by atoms with Crippen molar-refractivity contribution in [1.82, 2.24) is 4.90 Å². The third-order valence-electron chi connectivity index (χ3n) is 5.19. The molecule has 7 heteroatoms. The number of methoxy groups -OCH3 is 2. The summed E-state index contributed by atoms with van der Waals surface area (Å²) in [5, 5.41) is 4.26. The van der Waals surface area contributed by atoms with E-state index < -0.39 is 0 Å². The zero-order chi connectivity index (χ0) is 23.3. The van der Waals surface area contributed by atoms with E-state index in [4.69, 9.17) is 14.3 Å². The summed E-state index contributed by atoms with van der Waals surface area (Å²) in [6.45, 7) is 6.88. The first-order valence-electron chi connectivity index (χ1n) is 10.7. The van der Waals surface area contributed by atoms with Gasteiger partial charge in [-0.1, -0.05) is 38.1 Å². The fraction of sp³-hybridized carbons (Fsp3) is 0.440. The molecule has 0 saturated carbocycles. The third-order valence-corrected chi connectivity index (χ3v) is 5.19. The molecule has 0 saturated heterocycles. The van der Waals surface area contributed by atoms with Crippen LogP contribution >= 0.6 is 0 Å². The van der Waals surface area contributed by atoms with Crippen molar-refractivity contribution in [2.24, 2.45) is 10.6 Å². The van der Waals surface area contributed by atoms with Crippen LogP contribution in [0.1, 0.15) is 44.7 Å². The molecule has 0 unspecified atom stereocenters. The molecule has 0 spiro atoms. The number of oxime groups is 1. The van der Waals surface area contributed by atoms with Crippen LogP contribution in [0.4, 0.5) is 4.39 Å². The summed E-state index contributed by atoms with van der Waals surface area (Å²) < 4.78 is 24.0. The first-order chi connectivity index (χ1) is 15.2. The summed E-state index contributed by atoms with van der Waals surface area (Å²) >= 11 is 0. The van der Waals surface area contributed by atoms with Crippen molar-refractivity contribution >= 4 is 11.6 Å². The molecule has 1 aliphatic heterocycles. The van der Waals surface area contributed by atoms with Crippen LogP contribution in [0.2, 0.25) is 0 Å². The summed E-state index contributed by atoms with van der Waals surface area (Å²) in [6, 6.07) is 11.8. The van der Waals surface area contributed by atoms with Crippen LogP contribution in [0.25, 0.3) is 0 Å². The second-order valence-corrected chi connectivity index (χ2v) is 9.18. The molecule has 0 bridgehead atoms. The van der Waals surface area contributed by atoms with Crippen molar-refractivity contribution in [3.63, 3.8) is 0 Å². The molecule has 0 fully saturated rings. The Hall–Kier alpha value is -3.09. The zero-order valence-electron chi connectivity index (χ0n) is 19.4. The molecule has 32 heavy (non-hydrogen) atoms. The highest BCUT2D eigenvalue weighted by Gasteiger charge is 2.29. The minimum absolute atomic E-state index is 0.0324. The van der Waals surface area contributed by atoms with Gasteiger partial charge in [0.05, 0.1) is 26.5 Å². The highest BCUT2D eigenvalue weighted by Crippen LogP contribution is 2.30. The summed E-state index contributed by atoms with van der Waals surface area (Å²) in [5.74, 6) is 0.999. The van der Waals surface area contributed by atoms with Gasteiger partial charge in [0.2, 0.25) is 5.91 Å². The van der Waals surface area contributed by atoms with Crippen molar-refractivity contribution < 1.29 is 23.5 Å². The summed E-state index contributed by atoms with van der Waals surface area (Å²) in [6.07, 6.45) is 0.713. The summed E-state index contributed by atoms with van der Waals surface area (Å²) in [5.41, 5.74) is 2.40. The largest absolute Gasteiger partial charge is 0.493 e. The Morgan fingerprint density at radius 3 is 2.44 bits per heavy atom. The number of ether oxygens (including phenoxy) is 2. The van der Waals surface area contributed by atoms with Crippen molar-refractivity contribution in [3.05, 3.63) is 59.4 Å². The Kier molecular flexibility index (Phi) is 7.38. The van der Waals surface area contributed by atoms with Gasteiger partial charge in [-0.15, -0.1) is 0 Å². The molecular formula is C25H31FN2O4. The third kappa shape index (κ3) is 6.22. The van der Waals surface area contributed by atoms with E-state index in [2.05, 4.69) is 5.16 Å². The Labute approximate surface area is 189 Å². The minimum Gasteiger partial charge on any atom is -0.493 e. The van der Waals surface area contributed by atoms with E-state index in [0.29, 0.717) is 37.4 Å². The minimum atomic E-state index is -0.298. The Bertz CT molecular complexity index is 967. The molecule has 1 heterocycles. The van der Waals surface area contributed by atoms with Crippen LogP contribution in [0, 0.1) is 11.2 Å². The number of rotatable bonds is 8. The maximum absolute atomic E-state index is 13.3. The Balaban J connectivity index is 1.71. The molecule has 1 aliphatic rings. The van der Waals surface area contributed by atoms with Crippen molar-refractivity contribution in [2.75, 3.05) is 20.8 Å². The van der Waals surface area contributed by atoms with Gasteiger partial charge in [-0.2, -0.15) is 0 Å². The summed E-state index contributed by atoms with van der Waals surface area (Å²) in [7, 11) is 3.18. The van der Waals surface area contributed by atoms with E-state index in [-0.39, 0.29) is 23.2 Å². The Morgan fingerprint density at radius 1 is 1.12 bits per heavy atom. The van der Waals surface area contributed by atoms with Gasteiger partial charge in [-0.3, -0.25) is 4.79 Å². The number of hydrogen-bond donors (Lipinski definition) is 0. The second kappa shape index (κ2) is 10.0. The molecule has 1 atom stereocenters. The molecule has 1 amide bonds.